The summed E-state index contributed by atoms with van der Waals surface area (Å²) in [4.78, 5) is 15.8. The zero-order chi connectivity index (χ0) is 12.1. The first-order valence-corrected chi connectivity index (χ1v) is 6.41. The van der Waals surface area contributed by atoms with Crippen molar-refractivity contribution in [3.63, 3.8) is 0 Å². The van der Waals surface area contributed by atoms with Crippen molar-refractivity contribution in [2.45, 2.75) is 39.7 Å². The summed E-state index contributed by atoms with van der Waals surface area (Å²) < 4.78 is 0. The predicted molar refractivity (Wildman–Crippen MR) is 67.4 cm³/mol. The van der Waals surface area contributed by atoms with Crippen molar-refractivity contribution >= 4 is 22.4 Å². The fourth-order valence-electron chi connectivity index (χ4n) is 1.18. The van der Waals surface area contributed by atoms with Crippen molar-refractivity contribution in [3.05, 3.63) is 11.1 Å². The lowest BCUT2D eigenvalue weighted by Gasteiger charge is -2.06. The third kappa shape index (κ3) is 3.90. The Hall–Kier alpha value is -0.940. The largest absolute Gasteiger partial charge is 0.323 e. The second kappa shape index (κ2) is 5.96. The minimum atomic E-state index is -0.0866. The van der Waals surface area contributed by atoms with Gasteiger partial charge in [-0.1, -0.05) is 20.3 Å². The second-order valence-corrected chi connectivity index (χ2v) is 4.99. The highest BCUT2D eigenvalue weighted by atomic mass is 32.1. The van der Waals surface area contributed by atoms with Gasteiger partial charge in [-0.2, -0.15) is 0 Å². The van der Waals surface area contributed by atoms with E-state index in [1.54, 1.807) is 0 Å². The lowest BCUT2D eigenvalue weighted by atomic mass is 10.1. The van der Waals surface area contributed by atoms with Crippen LogP contribution in [-0.2, 0) is 4.79 Å². The molecule has 2 unspecified atom stereocenters. The SMILES string of the molecule is CCC(C)CC(=O)Nc1nc(C(C)N)cs1. The lowest BCUT2D eigenvalue weighted by Crippen LogP contribution is -2.15. The van der Waals surface area contributed by atoms with Gasteiger partial charge in [0, 0.05) is 17.8 Å². The molecule has 4 nitrogen and oxygen atoms in total. The summed E-state index contributed by atoms with van der Waals surface area (Å²) >= 11 is 1.42. The van der Waals surface area contributed by atoms with Crippen molar-refractivity contribution in [2.75, 3.05) is 5.32 Å². The van der Waals surface area contributed by atoms with Gasteiger partial charge >= 0.3 is 0 Å². The molecule has 1 heterocycles. The normalized spacial score (nSPS) is 14.5. The van der Waals surface area contributed by atoms with E-state index in [9.17, 15) is 4.79 Å². The van der Waals surface area contributed by atoms with E-state index in [-0.39, 0.29) is 11.9 Å². The van der Waals surface area contributed by atoms with Crippen LogP contribution < -0.4 is 11.1 Å². The molecular formula is C11H19N3OS. The molecule has 0 aliphatic carbocycles. The number of nitrogens with two attached hydrogens (primary N) is 1. The number of carbonyl (C=O) groups excluding carboxylic acids is 1. The zero-order valence-corrected chi connectivity index (χ0v) is 10.8. The molecule has 0 spiro atoms. The average molecular weight is 241 g/mol. The summed E-state index contributed by atoms with van der Waals surface area (Å²) in [5, 5.41) is 5.31. The Morgan fingerprint density at radius 3 is 2.81 bits per heavy atom. The number of hydrogen-bond donors (Lipinski definition) is 2. The number of carbonyl (C=O) groups is 1. The number of nitrogens with zero attached hydrogens (tertiary/aromatic N) is 1. The summed E-state index contributed by atoms with van der Waals surface area (Å²) in [7, 11) is 0. The second-order valence-electron chi connectivity index (χ2n) is 4.13. The average Bonchev–Trinajstić information content (AvgIpc) is 2.65. The van der Waals surface area contributed by atoms with E-state index in [1.165, 1.54) is 11.3 Å². The van der Waals surface area contributed by atoms with Gasteiger partial charge in [-0.05, 0) is 12.8 Å². The predicted octanol–water partition coefficient (Wildman–Crippen LogP) is 2.54. The first-order valence-electron chi connectivity index (χ1n) is 5.53. The number of aromatic nitrogens is 1. The molecule has 90 valence electrons. The van der Waals surface area contributed by atoms with Gasteiger partial charge in [-0.25, -0.2) is 4.98 Å². The molecule has 1 aromatic rings. The molecule has 0 fully saturated rings. The van der Waals surface area contributed by atoms with Gasteiger partial charge in [-0.3, -0.25) is 4.79 Å². The van der Waals surface area contributed by atoms with Crippen LogP contribution in [0.1, 0.15) is 45.3 Å². The maximum absolute atomic E-state index is 11.6. The monoisotopic (exact) mass is 241 g/mol. The Balaban J connectivity index is 2.50. The number of thiazole rings is 1. The highest BCUT2D eigenvalue weighted by Crippen LogP contribution is 2.19. The van der Waals surface area contributed by atoms with Gasteiger partial charge < -0.3 is 11.1 Å². The molecular weight excluding hydrogens is 222 g/mol. The van der Waals surface area contributed by atoms with Crippen molar-refractivity contribution in [1.29, 1.82) is 0 Å². The highest BCUT2D eigenvalue weighted by molar-refractivity contribution is 7.13. The summed E-state index contributed by atoms with van der Waals surface area (Å²) in [6.45, 7) is 6.02. The van der Waals surface area contributed by atoms with Crippen LogP contribution in [-0.4, -0.2) is 10.9 Å². The van der Waals surface area contributed by atoms with Crippen LogP contribution in [0.5, 0.6) is 0 Å². The molecule has 0 aromatic carbocycles. The highest BCUT2D eigenvalue weighted by Gasteiger charge is 2.11. The summed E-state index contributed by atoms with van der Waals surface area (Å²) in [5.41, 5.74) is 6.51. The van der Waals surface area contributed by atoms with Crippen LogP contribution >= 0.6 is 11.3 Å². The molecule has 0 aliphatic rings. The van der Waals surface area contributed by atoms with E-state index in [0.29, 0.717) is 17.5 Å². The first-order chi connectivity index (χ1) is 7.52. The van der Waals surface area contributed by atoms with Gasteiger partial charge in [-0.15, -0.1) is 11.3 Å². The number of nitrogens with one attached hydrogen (secondary N) is 1. The van der Waals surface area contributed by atoms with Crippen LogP contribution in [0.25, 0.3) is 0 Å². The van der Waals surface area contributed by atoms with E-state index in [2.05, 4.69) is 24.1 Å². The third-order valence-corrected chi connectivity index (χ3v) is 3.24. The Morgan fingerprint density at radius 2 is 2.31 bits per heavy atom. The van der Waals surface area contributed by atoms with Gasteiger partial charge in [0.25, 0.3) is 0 Å². The fraction of sp³-hybridized carbons (Fsp3) is 0.636. The van der Waals surface area contributed by atoms with Gasteiger partial charge in [0.2, 0.25) is 5.91 Å². The van der Waals surface area contributed by atoms with E-state index in [1.807, 2.05) is 12.3 Å². The molecule has 16 heavy (non-hydrogen) atoms. The summed E-state index contributed by atoms with van der Waals surface area (Å²) in [5.74, 6) is 0.438. The van der Waals surface area contributed by atoms with Gasteiger partial charge in [0.05, 0.1) is 5.69 Å². The fourth-order valence-corrected chi connectivity index (χ4v) is 2.01. The summed E-state index contributed by atoms with van der Waals surface area (Å²) in [6, 6.07) is -0.0866. The van der Waals surface area contributed by atoms with E-state index in [0.717, 1.165) is 12.1 Å². The molecule has 0 saturated heterocycles. The molecule has 0 saturated carbocycles. The van der Waals surface area contributed by atoms with Crippen LogP contribution in [0, 0.1) is 5.92 Å². The molecule has 3 N–H and O–H groups in total. The Kier molecular flexibility index (Phi) is 4.89. The maximum Gasteiger partial charge on any atom is 0.226 e. The van der Waals surface area contributed by atoms with Crippen LogP contribution in [0.2, 0.25) is 0 Å². The lowest BCUT2D eigenvalue weighted by molar-refractivity contribution is -0.117. The maximum atomic E-state index is 11.6. The minimum absolute atomic E-state index is 0.0277. The number of hydrogen-bond acceptors (Lipinski definition) is 4. The Bertz CT molecular complexity index is 349. The van der Waals surface area contributed by atoms with E-state index in [4.69, 9.17) is 5.73 Å². The Labute approximate surface area is 100 Å². The van der Waals surface area contributed by atoms with E-state index >= 15 is 0 Å². The zero-order valence-electron chi connectivity index (χ0n) is 9.99. The molecule has 1 rings (SSSR count). The van der Waals surface area contributed by atoms with Crippen LogP contribution in [0.3, 0.4) is 0 Å². The third-order valence-electron chi connectivity index (χ3n) is 2.47. The molecule has 1 amide bonds. The number of rotatable bonds is 5. The Morgan fingerprint density at radius 1 is 1.62 bits per heavy atom. The molecule has 5 heteroatoms. The van der Waals surface area contributed by atoms with Crippen molar-refractivity contribution in [1.82, 2.24) is 4.98 Å². The van der Waals surface area contributed by atoms with Crippen molar-refractivity contribution in [3.8, 4) is 0 Å². The molecule has 0 radical (unpaired) electrons. The number of amides is 1. The van der Waals surface area contributed by atoms with Crippen molar-refractivity contribution < 1.29 is 4.79 Å². The topological polar surface area (TPSA) is 68.0 Å². The molecule has 0 bridgehead atoms. The van der Waals surface area contributed by atoms with Gasteiger partial charge in [0.1, 0.15) is 0 Å². The number of anilines is 1. The van der Waals surface area contributed by atoms with E-state index < -0.39 is 0 Å². The molecule has 1 aromatic heterocycles. The first kappa shape index (κ1) is 13.1. The minimum Gasteiger partial charge on any atom is -0.323 e. The van der Waals surface area contributed by atoms with Gasteiger partial charge in [0.15, 0.2) is 5.13 Å². The quantitative estimate of drug-likeness (QED) is 0.832. The molecule has 0 aliphatic heterocycles. The summed E-state index contributed by atoms with van der Waals surface area (Å²) in [6.07, 6.45) is 1.56. The van der Waals surface area contributed by atoms with Crippen molar-refractivity contribution in [2.24, 2.45) is 11.7 Å². The standard InChI is InChI=1S/C11H19N3OS/c1-4-7(2)5-10(15)14-11-13-9(6-16-11)8(3)12/h6-8H,4-5,12H2,1-3H3,(H,13,14,15). The van der Waals surface area contributed by atoms with Crippen LogP contribution in [0.15, 0.2) is 5.38 Å². The smallest absolute Gasteiger partial charge is 0.226 e. The van der Waals surface area contributed by atoms with Crippen LogP contribution in [0.4, 0.5) is 5.13 Å². The molecule has 2 atom stereocenters.